The van der Waals surface area contributed by atoms with Crippen LogP contribution in [0.1, 0.15) is 11.1 Å². The van der Waals surface area contributed by atoms with E-state index in [-0.39, 0.29) is 17.4 Å². The second-order valence-corrected chi connectivity index (χ2v) is 7.22. The summed E-state index contributed by atoms with van der Waals surface area (Å²) in [5.74, 6) is -0.331. The van der Waals surface area contributed by atoms with Crippen molar-refractivity contribution in [2.75, 3.05) is 5.23 Å². The number of amides is 1. The van der Waals surface area contributed by atoms with Crippen LogP contribution in [-0.2, 0) is 11.0 Å². The molecule has 3 N–H and O–H groups in total. The van der Waals surface area contributed by atoms with Crippen molar-refractivity contribution in [3.63, 3.8) is 0 Å². The van der Waals surface area contributed by atoms with Crippen LogP contribution in [0.2, 0.25) is 0 Å². The summed E-state index contributed by atoms with van der Waals surface area (Å²) in [4.78, 5) is 12.1. The first-order valence-corrected chi connectivity index (χ1v) is 8.78. The molecule has 1 heterocycles. The number of carbonyl (C=O) groups is 1. The molecule has 0 radical (unpaired) electrons. The van der Waals surface area contributed by atoms with Gasteiger partial charge in [-0.2, -0.15) is 13.2 Å². The van der Waals surface area contributed by atoms with Crippen LogP contribution in [0.5, 0.6) is 11.5 Å². The fourth-order valence-electron chi connectivity index (χ4n) is 2.30. The van der Waals surface area contributed by atoms with Crippen LogP contribution < -0.4 is 15.3 Å². The number of halogens is 3. The highest BCUT2D eigenvalue weighted by Crippen LogP contribution is 2.38. The summed E-state index contributed by atoms with van der Waals surface area (Å²) in [5, 5.41) is 20.5. The molecular formula is C17H11F3N2O4S2. The van der Waals surface area contributed by atoms with E-state index in [1.807, 2.05) is 0 Å². The van der Waals surface area contributed by atoms with Crippen LogP contribution in [0, 0.1) is 0 Å². The smallest absolute Gasteiger partial charge is 0.416 e. The number of thiocarbonyl (C=S) groups is 1. The molecule has 146 valence electrons. The van der Waals surface area contributed by atoms with E-state index in [0.717, 1.165) is 23.9 Å². The fraction of sp³-hybridized carbons (Fsp3) is 0.0588. The second kappa shape index (κ2) is 7.80. The van der Waals surface area contributed by atoms with Gasteiger partial charge in [0.25, 0.3) is 5.91 Å². The zero-order chi connectivity index (χ0) is 20.5. The van der Waals surface area contributed by atoms with Gasteiger partial charge in [0.15, 0.2) is 5.75 Å². The van der Waals surface area contributed by atoms with Gasteiger partial charge in [0.2, 0.25) is 0 Å². The van der Waals surface area contributed by atoms with Crippen molar-refractivity contribution < 1.29 is 33.1 Å². The molecule has 28 heavy (non-hydrogen) atoms. The van der Waals surface area contributed by atoms with Crippen LogP contribution >= 0.6 is 24.0 Å². The van der Waals surface area contributed by atoms with Crippen molar-refractivity contribution in [3.05, 3.63) is 58.5 Å². The molecule has 0 atom stereocenters. The van der Waals surface area contributed by atoms with Crippen LogP contribution in [0.25, 0.3) is 6.08 Å². The van der Waals surface area contributed by atoms with E-state index in [9.17, 15) is 28.4 Å². The summed E-state index contributed by atoms with van der Waals surface area (Å²) in [6, 6.07) is 8.62. The minimum atomic E-state index is -4.66. The molecule has 1 aliphatic heterocycles. The molecule has 2 aromatic carbocycles. The number of hydrogen-bond acceptors (Lipinski definition) is 7. The van der Waals surface area contributed by atoms with Gasteiger partial charge in [-0.15, -0.1) is 5.23 Å². The molecule has 0 bridgehead atoms. The predicted molar refractivity (Wildman–Crippen MR) is 100 cm³/mol. The Kier molecular flexibility index (Phi) is 5.61. The normalized spacial score (nSPS) is 15.7. The van der Waals surface area contributed by atoms with E-state index in [1.54, 1.807) is 18.2 Å². The van der Waals surface area contributed by atoms with Gasteiger partial charge in [0.05, 0.1) is 10.5 Å². The third-order valence-corrected chi connectivity index (χ3v) is 4.69. The number of nitrogens with zero attached hydrogens (tertiary/aromatic N) is 1. The first-order chi connectivity index (χ1) is 13.1. The summed E-state index contributed by atoms with van der Waals surface area (Å²) in [6.45, 7) is 0. The summed E-state index contributed by atoms with van der Waals surface area (Å²) >= 11 is 6.01. The molecular weight excluding hydrogens is 417 g/mol. The van der Waals surface area contributed by atoms with Gasteiger partial charge in [-0.05, 0) is 42.0 Å². The summed E-state index contributed by atoms with van der Waals surface area (Å²) in [6.07, 6.45) is -3.08. The van der Waals surface area contributed by atoms with Crippen molar-refractivity contribution in [3.8, 4) is 11.5 Å². The zero-order valence-electron chi connectivity index (χ0n) is 13.7. The maximum Gasteiger partial charge on any atom is 0.416 e. The molecule has 6 nitrogen and oxygen atoms in total. The Morgan fingerprint density at radius 1 is 1.18 bits per heavy atom. The van der Waals surface area contributed by atoms with Gasteiger partial charge in [-0.3, -0.25) is 15.2 Å². The SMILES string of the molecule is O=C1NC(=S)S/C1=C/c1cccc(Oc2ccc(C(F)(F)F)cc2N(O)O)c1. The molecule has 0 unspecified atom stereocenters. The fourth-order valence-corrected chi connectivity index (χ4v) is 3.35. The van der Waals surface area contributed by atoms with E-state index in [1.165, 1.54) is 12.1 Å². The maximum atomic E-state index is 12.8. The van der Waals surface area contributed by atoms with Crippen molar-refractivity contribution in [1.29, 1.82) is 0 Å². The molecule has 1 saturated heterocycles. The number of ether oxygens (including phenoxy) is 1. The van der Waals surface area contributed by atoms with Crippen LogP contribution in [0.4, 0.5) is 18.9 Å². The minimum Gasteiger partial charge on any atom is -0.455 e. The molecule has 0 saturated carbocycles. The van der Waals surface area contributed by atoms with Gasteiger partial charge < -0.3 is 10.1 Å². The molecule has 1 fully saturated rings. The molecule has 0 aromatic heterocycles. The zero-order valence-corrected chi connectivity index (χ0v) is 15.4. The second-order valence-electron chi connectivity index (χ2n) is 5.50. The number of benzene rings is 2. The van der Waals surface area contributed by atoms with E-state index in [0.29, 0.717) is 20.9 Å². The van der Waals surface area contributed by atoms with Gasteiger partial charge in [0, 0.05) is 0 Å². The molecule has 3 rings (SSSR count). The van der Waals surface area contributed by atoms with Crippen molar-refractivity contribution in [2.24, 2.45) is 0 Å². The monoisotopic (exact) mass is 428 g/mol. The Morgan fingerprint density at radius 3 is 2.54 bits per heavy atom. The Bertz CT molecular complexity index is 977. The number of hydrogen-bond donors (Lipinski definition) is 3. The highest BCUT2D eigenvalue weighted by molar-refractivity contribution is 8.26. The highest BCUT2D eigenvalue weighted by atomic mass is 32.2. The first kappa shape index (κ1) is 20.1. The molecule has 0 aliphatic carbocycles. The highest BCUT2D eigenvalue weighted by Gasteiger charge is 2.32. The van der Waals surface area contributed by atoms with Crippen LogP contribution in [0.15, 0.2) is 47.4 Å². The van der Waals surface area contributed by atoms with Gasteiger partial charge in [-0.1, -0.05) is 36.1 Å². The van der Waals surface area contributed by atoms with Gasteiger partial charge in [0.1, 0.15) is 15.8 Å². The van der Waals surface area contributed by atoms with Crippen molar-refractivity contribution in [1.82, 2.24) is 5.32 Å². The molecule has 2 aromatic rings. The van der Waals surface area contributed by atoms with E-state index >= 15 is 0 Å². The lowest BCUT2D eigenvalue weighted by Crippen LogP contribution is -2.17. The number of thioether (sulfide) groups is 1. The lowest BCUT2D eigenvalue weighted by atomic mass is 10.1. The summed E-state index contributed by atoms with van der Waals surface area (Å²) in [5.41, 5.74) is -1.07. The summed E-state index contributed by atoms with van der Waals surface area (Å²) < 4.78 is 44.3. The third-order valence-electron chi connectivity index (χ3n) is 3.53. The van der Waals surface area contributed by atoms with E-state index in [4.69, 9.17) is 17.0 Å². The predicted octanol–water partition coefficient (Wildman–Crippen LogP) is 4.57. The molecule has 0 spiro atoms. The topological polar surface area (TPSA) is 82.0 Å². The molecule has 1 aliphatic rings. The van der Waals surface area contributed by atoms with Gasteiger partial charge >= 0.3 is 6.18 Å². The quantitative estimate of drug-likeness (QED) is 0.374. The van der Waals surface area contributed by atoms with Crippen molar-refractivity contribution in [2.45, 2.75) is 6.18 Å². The Morgan fingerprint density at radius 2 is 1.93 bits per heavy atom. The standard InChI is InChI=1S/C17H11F3N2O4S2/c18-17(19,20)10-4-5-13(12(8-10)22(24)25)26-11-3-1-2-9(6-11)7-14-15(23)21-16(27)28-14/h1-8,24-25H,(H,21,23,27)/b14-7+. The Balaban J connectivity index is 1.89. The lowest BCUT2D eigenvalue weighted by molar-refractivity contribution is -0.137. The molecule has 11 heteroatoms. The average Bonchev–Trinajstić information content (AvgIpc) is 2.91. The first-order valence-electron chi connectivity index (χ1n) is 7.55. The molecule has 1 amide bonds. The van der Waals surface area contributed by atoms with Crippen molar-refractivity contribution >= 4 is 46.0 Å². The average molecular weight is 428 g/mol. The number of rotatable bonds is 4. The Labute approximate surface area is 166 Å². The van der Waals surface area contributed by atoms with Gasteiger partial charge in [-0.25, -0.2) is 0 Å². The number of alkyl halides is 3. The van der Waals surface area contributed by atoms with Crippen LogP contribution in [-0.4, -0.2) is 20.6 Å². The van der Waals surface area contributed by atoms with Crippen LogP contribution in [0.3, 0.4) is 0 Å². The lowest BCUT2D eigenvalue weighted by Gasteiger charge is -2.17. The minimum absolute atomic E-state index is 0.211. The number of nitrogens with one attached hydrogen (secondary N) is 1. The van der Waals surface area contributed by atoms with E-state index < -0.39 is 22.7 Å². The largest absolute Gasteiger partial charge is 0.455 e. The number of anilines is 1. The Hall–Kier alpha value is -2.60. The maximum absolute atomic E-state index is 12.8. The third kappa shape index (κ3) is 4.62. The number of carbonyl (C=O) groups excluding carboxylic acids is 1. The van der Waals surface area contributed by atoms with E-state index in [2.05, 4.69) is 5.32 Å². The summed E-state index contributed by atoms with van der Waals surface area (Å²) in [7, 11) is 0.